The third-order valence-electron chi connectivity index (χ3n) is 16.7. The molecule has 4 aromatic carbocycles. The Kier molecular flexibility index (Phi) is 28.7. The number of ether oxygens (including phenoxy) is 2. The molecule has 15 nitrogen and oxygen atoms in total. The summed E-state index contributed by atoms with van der Waals surface area (Å²) in [5, 5.41) is 37.9. The molecule has 0 fully saturated rings. The first kappa shape index (κ1) is 72.2. The van der Waals surface area contributed by atoms with Crippen LogP contribution in [0.15, 0.2) is 107 Å². The van der Waals surface area contributed by atoms with Crippen molar-refractivity contribution in [1.29, 1.82) is 10.5 Å². The second-order valence-electron chi connectivity index (χ2n) is 23.1. The van der Waals surface area contributed by atoms with Crippen LogP contribution >= 0.6 is 0 Å². The number of rotatable bonds is 37. The molecule has 2 N–H and O–H groups in total. The fourth-order valence-corrected chi connectivity index (χ4v) is 11.9. The lowest BCUT2D eigenvalue weighted by Gasteiger charge is -2.43. The van der Waals surface area contributed by atoms with Gasteiger partial charge in [-0.05, 0) is 119 Å². The van der Waals surface area contributed by atoms with Crippen molar-refractivity contribution in [3.63, 3.8) is 0 Å². The Bertz CT molecular complexity index is 2950. The number of allylic oxidation sites excluding steroid dienone is 2. The second-order valence-corrected chi connectivity index (χ2v) is 23.1. The number of halogens is 6. The third-order valence-corrected chi connectivity index (χ3v) is 16.7. The number of aliphatic hydroxyl groups is 2. The predicted octanol–water partition coefficient (Wildman–Crippen LogP) is 15.5. The van der Waals surface area contributed by atoms with E-state index in [1.54, 1.807) is 48.5 Å². The summed E-state index contributed by atoms with van der Waals surface area (Å²) in [7, 11) is 0. The third kappa shape index (κ3) is 20.6. The molecule has 0 spiro atoms. The highest BCUT2D eigenvalue weighted by atomic mass is 19.4. The van der Waals surface area contributed by atoms with Gasteiger partial charge in [0.1, 0.15) is 18.8 Å². The second kappa shape index (κ2) is 36.2. The summed E-state index contributed by atoms with van der Waals surface area (Å²) in [5.41, 5.74) is -0.283. The standard InChI is InChI=1S/C70H85F6N7O8/c1-4-79(39-21-17-13-9-5-7-11-15-19-23-41-80-63(55-35-31-53(49-77)32-36-55)61(65(86)90-45-43-84)51(2)82(67(80)88)59-29-25-27-57(47-59)69(71,72)73)40-22-18-14-10-6-8-12-16-20-24-42-81-64(56-37-33-54(50-78)34-38-56)62(66(87)91-46-44-85)52(3)83(68(81)89)60-30-26-28-58(48-60)70(74,75)76/h25,27,29-38,47-48,63-64,84-85H,4-24,39-46H2,1-3H3. The van der Waals surface area contributed by atoms with E-state index in [1.165, 1.54) is 41.8 Å². The number of unbranched alkanes of at least 4 members (excludes halogenated alkanes) is 18. The lowest BCUT2D eigenvalue weighted by Crippen LogP contribution is -2.51. The Balaban J connectivity index is 0.865. The predicted molar refractivity (Wildman–Crippen MR) is 333 cm³/mol. The maximum Gasteiger partial charge on any atom is 0.424 e. The molecule has 0 radical (unpaired) electrons. The number of urea groups is 2. The monoisotopic (exact) mass is 1270 g/mol. The fraction of sp³-hybridized carbons (Fsp3) is 0.514. The van der Waals surface area contributed by atoms with E-state index in [1.807, 2.05) is 0 Å². The highest BCUT2D eigenvalue weighted by Crippen LogP contribution is 2.44. The van der Waals surface area contributed by atoms with Gasteiger partial charge in [-0.1, -0.05) is 152 Å². The van der Waals surface area contributed by atoms with Crippen molar-refractivity contribution in [2.75, 3.05) is 69.0 Å². The molecule has 2 atom stereocenters. The van der Waals surface area contributed by atoms with E-state index in [2.05, 4.69) is 36.1 Å². The van der Waals surface area contributed by atoms with E-state index in [0.717, 1.165) is 163 Å². The van der Waals surface area contributed by atoms with E-state index in [4.69, 9.17) is 9.47 Å². The Morgan fingerprint density at radius 2 is 0.956 bits per heavy atom. The minimum Gasteiger partial charge on any atom is -0.460 e. The largest absolute Gasteiger partial charge is 0.460 e. The van der Waals surface area contributed by atoms with Gasteiger partial charge >= 0.3 is 36.4 Å². The van der Waals surface area contributed by atoms with Crippen LogP contribution in [0.3, 0.4) is 0 Å². The normalized spacial score (nSPS) is 15.5. The van der Waals surface area contributed by atoms with Crippen molar-refractivity contribution in [2.24, 2.45) is 0 Å². The quantitative estimate of drug-likeness (QED) is 0.0248. The number of hydrogen-bond acceptors (Lipinski definition) is 11. The summed E-state index contributed by atoms with van der Waals surface area (Å²) in [5.74, 6) is -1.66. The minimum absolute atomic E-state index is 0.0201. The Morgan fingerprint density at radius 3 is 1.33 bits per heavy atom. The summed E-state index contributed by atoms with van der Waals surface area (Å²) in [6, 6.07) is 24.6. The van der Waals surface area contributed by atoms with Crippen LogP contribution in [0.25, 0.3) is 0 Å². The van der Waals surface area contributed by atoms with Crippen molar-refractivity contribution in [2.45, 2.75) is 174 Å². The average Bonchev–Trinajstić information content (AvgIpc) is 0.840. The number of aliphatic hydroxyl groups excluding tert-OH is 2. The van der Waals surface area contributed by atoms with Gasteiger partial charge in [-0.25, -0.2) is 19.2 Å². The maximum atomic E-state index is 14.5. The number of nitriles is 2. The zero-order valence-electron chi connectivity index (χ0n) is 52.5. The molecular weight excluding hydrogens is 1180 g/mol. The Morgan fingerprint density at radius 1 is 0.560 bits per heavy atom. The van der Waals surface area contributed by atoms with Crippen LogP contribution < -0.4 is 9.80 Å². The van der Waals surface area contributed by atoms with Crippen molar-refractivity contribution in [3.05, 3.63) is 153 Å². The summed E-state index contributed by atoms with van der Waals surface area (Å²) >= 11 is 0. The van der Waals surface area contributed by atoms with Crippen molar-refractivity contribution < 1.29 is 65.2 Å². The summed E-state index contributed by atoms with van der Waals surface area (Å²) in [6.07, 6.45) is 10.7. The zero-order valence-corrected chi connectivity index (χ0v) is 52.5. The molecule has 0 bridgehead atoms. The molecule has 0 aliphatic carbocycles. The molecule has 490 valence electrons. The maximum absolute atomic E-state index is 14.5. The van der Waals surface area contributed by atoms with E-state index in [9.17, 15) is 66.3 Å². The van der Waals surface area contributed by atoms with Gasteiger partial charge in [-0.2, -0.15) is 36.9 Å². The van der Waals surface area contributed by atoms with E-state index in [-0.39, 0.29) is 60.2 Å². The molecule has 0 saturated heterocycles. The zero-order chi connectivity index (χ0) is 65.9. The first-order valence-electron chi connectivity index (χ1n) is 31.9. The van der Waals surface area contributed by atoms with E-state index < -0.39 is 72.8 Å². The first-order valence-corrected chi connectivity index (χ1v) is 31.9. The van der Waals surface area contributed by atoms with Crippen LogP contribution in [0.2, 0.25) is 0 Å². The van der Waals surface area contributed by atoms with Crippen LogP contribution in [0.4, 0.5) is 47.3 Å². The van der Waals surface area contributed by atoms with Gasteiger partial charge in [0.05, 0.1) is 76.6 Å². The van der Waals surface area contributed by atoms with Crippen molar-refractivity contribution >= 4 is 35.4 Å². The van der Waals surface area contributed by atoms with Crippen LogP contribution in [0.1, 0.15) is 195 Å². The molecule has 4 amide bonds. The molecule has 2 heterocycles. The molecule has 2 unspecified atom stereocenters. The number of carbonyl (C=O) groups excluding carboxylic acids is 4. The van der Waals surface area contributed by atoms with Gasteiger partial charge in [-0.15, -0.1) is 0 Å². The molecule has 0 saturated carbocycles. The van der Waals surface area contributed by atoms with Crippen LogP contribution in [0, 0.1) is 34.8 Å². The molecule has 0 aromatic heterocycles. The van der Waals surface area contributed by atoms with Gasteiger partial charge in [0.25, 0.3) is 0 Å². The number of esters is 2. The average molecular weight is 1270 g/mol. The van der Waals surface area contributed by atoms with Gasteiger partial charge < -0.3 is 34.4 Å². The number of benzene rings is 3. The van der Waals surface area contributed by atoms with Crippen LogP contribution in [0.5, 0.6) is 0 Å². The molecule has 2 aliphatic rings. The number of amides is 4. The van der Waals surface area contributed by atoms with Gasteiger partial charge in [0.15, 0.2) is 0 Å². The van der Waals surface area contributed by atoms with Gasteiger partial charge in [-0.3, -0.25) is 9.80 Å². The molecule has 21 heteroatoms. The van der Waals surface area contributed by atoms with Crippen molar-refractivity contribution in [1.82, 2.24) is 14.7 Å². The van der Waals surface area contributed by atoms with E-state index in [0.29, 0.717) is 35.1 Å². The van der Waals surface area contributed by atoms with Gasteiger partial charge in [0.2, 0.25) is 0 Å². The lowest BCUT2D eigenvalue weighted by atomic mass is 9.91. The molecule has 2 aliphatic heterocycles. The van der Waals surface area contributed by atoms with Crippen molar-refractivity contribution in [3.8, 4) is 12.1 Å². The fourth-order valence-electron chi connectivity index (χ4n) is 11.9. The summed E-state index contributed by atoms with van der Waals surface area (Å²) in [6.45, 7) is 7.12. The SMILES string of the molecule is CCN(CCCCCCCCCCCCN1C(=O)N(c2cc#cc(C(F)(F)F)c2)C(C)=C(C(=O)OCCO)C1c1ccc(C#N)cc1)CCCCCCCCCCCCN1C(=O)N(c2cccc(C(F)(F)F)c2)C(C)=C(C(=O)OCCO)C1c1ccc(C#N)cc1. The molecule has 4 aromatic rings. The molecule has 91 heavy (non-hydrogen) atoms. The number of alkyl halides is 6. The Hall–Kier alpha value is -7.90. The highest BCUT2D eigenvalue weighted by molar-refractivity contribution is 6.04. The number of nitrogens with zero attached hydrogens (tertiary/aromatic N) is 7. The van der Waals surface area contributed by atoms with Crippen LogP contribution in [-0.2, 0) is 31.4 Å². The van der Waals surface area contributed by atoms with Gasteiger partial charge in [0, 0.05) is 30.5 Å². The lowest BCUT2D eigenvalue weighted by molar-refractivity contribution is -0.141. The first-order chi connectivity index (χ1) is 43.8. The number of carbonyl (C=O) groups is 4. The Labute approximate surface area is 531 Å². The number of hydrogen-bond donors (Lipinski definition) is 2. The topological polar surface area (TPSA) is 191 Å². The highest BCUT2D eigenvalue weighted by Gasteiger charge is 2.45. The number of anilines is 2. The smallest absolute Gasteiger partial charge is 0.424 e. The summed E-state index contributed by atoms with van der Waals surface area (Å²) < 4.78 is 93.9. The molecule has 6 rings (SSSR count). The summed E-state index contributed by atoms with van der Waals surface area (Å²) in [4.78, 5) is 64.1. The minimum atomic E-state index is -4.76. The van der Waals surface area contributed by atoms with Crippen LogP contribution in [-0.4, -0.2) is 108 Å². The van der Waals surface area contributed by atoms with E-state index >= 15 is 0 Å². The molecular formula is C70H85F6N7O8.